The summed E-state index contributed by atoms with van der Waals surface area (Å²) in [5.41, 5.74) is 2.28. The molecule has 1 heterocycles. The first-order valence-corrected chi connectivity index (χ1v) is 10.2. The lowest BCUT2D eigenvalue weighted by Crippen LogP contribution is -2.44. The van der Waals surface area contributed by atoms with Crippen molar-refractivity contribution in [2.24, 2.45) is 0 Å². The number of aromatic nitrogens is 1. The quantitative estimate of drug-likeness (QED) is 0.597. The number of hydrogen-bond donors (Lipinski definition) is 0. The molecule has 1 saturated carbocycles. The summed E-state index contributed by atoms with van der Waals surface area (Å²) in [6, 6.07) is 12.3. The first kappa shape index (κ1) is 19.3. The van der Waals surface area contributed by atoms with E-state index in [2.05, 4.69) is 22.9 Å². The van der Waals surface area contributed by atoms with Gasteiger partial charge in [-0.3, -0.25) is 4.79 Å². The van der Waals surface area contributed by atoms with Crippen molar-refractivity contribution in [1.82, 2.24) is 9.47 Å². The lowest BCUT2D eigenvalue weighted by atomic mass is 9.94. The van der Waals surface area contributed by atoms with Crippen molar-refractivity contribution in [2.45, 2.75) is 63.5 Å². The molecule has 5 heteroatoms. The zero-order valence-electron chi connectivity index (χ0n) is 15.2. The fourth-order valence-electron chi connectivity index (χ4n) is 3.76. The van der Waals surface area contributed by atoms with E-state index >= 15 is 0 Å². The van der Waals surface area contributed by atoms with Crippen LogP contribution in [0.4, 0.5) is 0 Å². The second-order valence-electron chi connectivity index (χ2n) is 7.13. The van der Waals surface area contributed by atoms with Crippen LogP contribution < -0.4 is 0 Å². The van der Waals surface area contributed by atoms with Gasteiger partial charge in [-0.25, -0.2) is 0 Å². The third-order valence-corrected chi connectivity index (χ3v) is 5.56. The molecule has 2 aromatic rings. The van der Waals surface area contributed by atoms with Crippen molar-refractivity contribution < 1.29 is 4.79 Å². The van der Waals surface area contributed by atoms with E-state index in [0.717, 1.165) is 35.7 Å². The molecule has 1 aromatic carbocycles. The van der Waals surface area contributed by atoms with Gasteiger partial charge in [0.05, 0.1) is 6.54 Å². The molecule has 0 spiro atoms. The first-order valence-electron chi connectivity index (χ1n) is 9.37. The maximum Gasteiger partial charge on any atom is 0.240 e. The Balaban J connectivity index is 1.78. The Morgan fingerprint density at radius 2 is 2.00 bits per heavy atom. The standard InChI is InChI=1S/C21H26Cl2N2O/c1-16(22)21(26)25(19-9-3-2-4-10-19)15-20-11-6-12-24(20)14-17-7-5-8-18(23)13-17/h5-8,11-13,16,19H,2-4,9-10,14-15H2,1H3/t16-/m1/s1. The molecule has 0 aliphatic heterocycles. The number of alkyl halides is 1. The van der Waals surface area contributed by atoms with Crippen LogP contribution in [0, 0.1) is 0 Å². The second-order valence-corrected chi connectivity index (χ2v) is 8.22. The van der Waals surface area contributed by atoms with Crippen LogP contribution in [0.1, 0.15) is 50.3 Å². The molecule has 1 aliphatic carbocycles. The first-order chi connectivity index (χ1) is 12.5. The van der Waals surface area contributed by atoms with Crippen LogP contribution in [0.2, 0.25) is 5.02 Å². The van der Waals surface area contributed by atoms with Gasteiger partial charge in [0, 0.05) is 29.5 Å². The molecule has 1 amide bonds. The van der Waals surface area contributed by atoms with Crippen LogP contribution in [-0.2, 0) is 17.9 Å². The minimum absolute atomic E-state index is 0.0362. The fraction of sp³-hybridized carbons (Fsp3) is 0.476. The molecule has 3 nitrogen and oxygen atoms in total. The zero-order chi connectivity index (χ0) is 18.5. The van der Waals surface area contributed by atoms with Crippen molar-refractivity contribution in [1.29, 1.82) is 0 Å². The number of rotatable bonds is 6. The molecule has 1 atom stereocenters. The van der Waals surface area contributed by atoms with Gasteiger partial charge >= 0.3 is 0 Å². The van der Waals surface area contributed by atoms with Gasteiger partial charge in [0.15, 0.2) is 0 Å². The molecule has 3 rings (SSSR count). The van der Waals surface area contributed by atoms with Gasteiger partial charge in [0.25, 0.3) is 0 Å². The molecule has 26 heavy (non-hydrogen) atoms. The lowest BCUT2D eigenvalue weighted by molar-refractivity contribution is -0.134. The molecule has 0 N–H and O–H groups in total. The average molecular weight is 393 g/mol. The van der Waals surface area contributed by atoms with Crippen LogP contribution in [-0.4, -0.2) is 26.8 Å². The molecule has 0 saturated heterocycles. The van der Waals surface area contributed by atoms with Gasteiger partial charge in [0.2, 0.25) is 5.91 Å². The number of amides is 1. The van der Waals surface area contributed by atoms with Crippen molar-refractivity contribution in [3.8, 4) is 0 Å². The maximum atomic E-state index is 12.8. The van der Waals surface area contributed by atoms with E-state index in [1.807, 2.05) is 29.2 Å². The molecular formula is C21H26Cl2N2O. The zero-order valence-corrected chi connectivity index (χ0v) is 16.7. The summed E-state index contributed by atoms with van der Waals surface area (Å²) in [4.78, 5) is 14.8. The Labute approximate surface area is 165 Å². The van der Waals surface area contributed by atoms with Crippen molar-refractivity contribution >= 4 is 29.1 Å². The Morgan fingerprint density at radius 1 is 1.23 bits per heavy atom. The SMILES string of the molecule is C[C@@H](Cl)C(=O)N(Cc1cccn1Cc1cccc(Cl)c1)C1CCCCC1. The summed E-state index contributed by atoms with van der Waals surface area (Å²) in [6.45, 7) is 3.12. The molecule has 0 unspecified atom stereocenters. The number of carbonyl (C=O) groups is 1. The molecule has 0 radical (unpaired) electrons. The minimum atomic E-state index is -0.492. The summed E-state index contributed by atoms with van der Waals surface area (Å²) in [5.74, 6) is 0.0362. The van der Waals surface area contributed by atoms with Gasteiger partial charge in [-0.15, -0.1) is 11.6 Å². The summed E-state index contributed by atoms with van der Waals surface area (Å²) >= 11 is 12.3. The number of benzene rings is 1. The van der Waals surface area contributed by atoms with Gasteiger partial charge in [-0.1, -0.05) is 43.0 Å². The van der Waals surface area contributed by atoms with E-state index in [-0.39, 0.29) is 5.91 Å². The van der Waals surface area contributed by atoms with Crippen LogP contribution in [0.15, 0.2) is 42.6 Å². The van der Waals surface area contributed by atoms with Crippen LogP contribution in [0.25, 0.3) is 0 Å². The van der Waals surface area contributed by atoms with E-state index in [1.54, 1.807) is 6.92 Å². The Morgan fingerprint density at radius 3 is 2.69 bits per heavy atom. The number of halogens is 2. The third-order valence-electron chi connectivity index (χ3n) is 5.14. The molecule has 140 valence electrons. The highest BCUT2D eigenvalue weighted by Crippen LogP contribution is 2.26. The average Bonchev–Trinajstić information content (AvgIpc) is 3.06. The lowest BCUT2D eigenvalue weighted by Gasteiger charge is -2.35. The van der Waals surface area contributed by atoms with E-state index in [9.17, 15) is 4.79 Å². The highest BCUT2D eigenvalue weighted by molar-refractivity contribution is 6.30. The second kappa shape index (κ2) is 8.96. The maximum absolute atomic E-state index is 12.8. The predicted octanol–water partition coefficient (Wildman–Crippen LogP) is 5.48. The summed E-state index contributed by atoms with van der Waals surface area (Å²) in [5, 5.41) is 0.249. The van der Waals surface area contributed by atoms with Crippen LogP contribution >= 0.6 is 23.2 Å². The normalized spacial score (nSPS) is 16.4. The largest absolute Gasteiger partial charge is 0.345 e. The van der Waals surface area contributed by atoms with Gasteiger partial charge in [-0.05, 0) is 49.6 Å². The summed E-state index contributed by atoms with van der Waals surface area (Å²) in [7, 11) is 0. The molecule has 1 fully saturated rings. The third kappa shape index (κ3) is 4.83. The Kier molecular flexibility index (Phi) is 6.66. The van der Waals surface area contributed by atoms with E-state index in [1.165, 1.54) is 19.3 Å². The molecule has 1 aliphatic rings. The summed E-state index contributed by atoms with van der Waals surface area (Å²) < 4.78 is 2.19. The number of hydrogen-bond acceptors (Lipinski definition) is 1. The molecule has 1 aromatic heterocycles. The van der Waals surface area contributed by atoms with Gasteiger partial charge in [0.1, 0.15) is 5.38 Å². The minimum Gasteiger partial charge on any atom is -0.345 e. The van der Waals surface area contributed by atoms with E-state index in [0.29, 0.717) is 12.6 Å². The summed E-state index contributed by atoms with van der Waals surface area (Å²) in [6.07, 6.45) is 7.85. The van der Waals surface area contributed by atoms with Crippen LogP contribution in [0.3, 0.4) is 0 Å². The smallest absolute Gasteiger partial charge is 0.240 e. The number of nitrogens with zero attached hydrogens (tertiary/aromatic N) is 2. The van der Waals surface area contributed by atoms with Crippen LogP contribution in [0.5, 0.6) is 0 Å². The highest BCUT2D eigenvalue weighted by atomic mass is 35.5. The highest BCUT2D eigenvalue weighted by Gasteiger charge is 2.28. The molecule has 0 bridgehead atoms. The predicted molar refractivity (Wildman–Crippen MR) is 108 cm³/mol. The van der Waals surface area contributed by atoms with Crippen molar-refractivity contribution in [2.75, 3.05) is 0 Å². The fourth-order valence-corrected chi connectivity index (χ4v) is 4.10. The molecular weight excluding hydrogens is 367 g/mol. The van der Waals surface area contributed by atoms with Crippen molar-refractivity contribution in [3.05, 3.63) is 58.9 Å². The van der Waals surface area contributed by atoms with Crippen molar-refractivity contribution in [3.63, 3.8) is 0 Å². The number of carbonyl (C=O) groups excluding carboxylic acids is 1. The van der Waals surface area contributed by atoms with Gasteiger partial charge < -0.3 is 9.47 Å². The Bertz CT molecular complexity index is 735. The van der Waals surface area contributed by atoms with E-state index in [4.69, 9.17) is 23.2 Å². The topological polar surface area (TPSA) is 25.2 Å². The van der Waals surface area contributed by atoms with E-state index < -0.39 is 5.38 Å². The van der Waals surface area contributed by atoms with Gasteiger partial charge in [-0.2, -0.15) is 0 Å². The Hall–Kier alpha value is -1.45. The monoisotopic (exact) mass is 392 g/mol.